The SMILES string of the molecule is CC1=NN(c2ccc(C)c(C)c2)C(=O)C1=NNc1cc(F)cc(-c2ccc(C(C)C(=O)O)cc2O)c1. The van der Waals surface area contributed by atoms with Crippen LogP contribution in [0.2, 0.25) is 0 Å². The van der Waals surface area contributed by atoms with Crippen molar-refractivity contribution in [1.29, 1.82) is 0 Å². The monoisotopic (exact) mass is 488 g/mol. The van der Waals surface area contributed by atoms with E-state index in [0.717, 1.165) is 11.1 Å². The number of phenols is 1. The normalized spacial score (nSPS) is 15.2. The number of nitrogens with zero attached hydrogens (tertiary/aromatic N) is 3. The van der Waals surface area contributed by atoms with E-state index in [1.54, 1.807) is 25.1 Å². The molecule has 1 aliphatic rings. The lowest BCUT2D eigenvalue weighted by Gasteiger charge is -2.13. The number of hydrogen-bond acceptors (Lipinski definition) is 6. The fraction of sp³-hybridized carbons (Fsp3) is 0.185. The fourth-order valence-electron chi connectivity index (χ4n) is 3.79. The van der Waals surface area contributed by atoms with E-state index in [4.69, 9.17) is 0 Å². The Balaban J connectivity index is 1.59. The summed E-state index contributed by atoms with van der Waals surface area (Å²) in [4.78, 5) is 24.2. The quantitative estimate of drug-likeness (QED) is 0.413. The Kier molecular flexibility index (Phi) is 6.57. The number of hydrogen-bond donors (Lipinski definition) is 3. The van der Waals surface area contributed by atoms with Gasteiger partial charge in [0.05, 0.1) is 23.0 Å². The van der Waals surface area contributed by atoms with Crippen molar-refractivity contribution in [3.63, 3.8) is 0 Å². The number of aliphatic carboxylic acids is 1. The topological polar surface area (TPSA) is 115 Å². The summed E-state index contributed by atoms with van der Waals surface area (Å²) >= 11 is 0. The maximum absolute atomic E-state index is 14.4. The third kappa shape index (κ3) is 4.81. The summed E-state index contributed by atoms with van der Waals surface area (Å²) in [5.74, 6) is -3.00. The molecular formula is C27H25FN4O4. The second-order valence-corrected chi connectivity index (χ2v) is 8.71. The van der Waals surface area contributed by atoms with Crippen molar-refractivity contribution in [3.8, 4) is 16.9 Å². The van der Waals surface area contributed by atoms with Crippen LogP contribution >= 0.6 is 0 Å². The van der Waals surface area contributed by atoms with Gasteiger partial charge in [-0.05, 0) is 86.3 Å². The smallest absolute Gasteiger partial charge is 0.310 e. The zero-order valence-corrected chi connectivity index (χ0v) is 20.2. The highest BCUT2D eigenvalue weighted by molar-refractivity contribution is 6.71. The molecule has 1 aliphatic heterocycles. The molecule has 184 valence electrons. The van der Waals surface area contributed by atoms with Crippen molar-refractivity contribution >= 4 is 34.7 Å². The van der Waals surface area contributed by atoms with Gasteiger partial charge in [0.15, 0.2) is 5.71 Å². The number of benzene rings is 3. The van der Waals surface area contributed by atoms with Crippen LogP contribution in [0.5, 0.6) is 5.75 Å². The van der Waals surface area contributed by atoms with E-state index in [2.05, 4.69) is 15.6 Å². The largest absolute Gasteiger partial charge is 0.507 e. The van der Waals surface area contributed by atoms with Crippen molar-refractivity contribution in [2.45, 2.75) is 33.6 Å². The number of rotatable bonds is 6. The molecule has 8 nitrogen and oxygen atoms in total. The Labute approximate surface area is 207 Å². The second kappa shape index (κ2) is 9.61. The van der Waals surface area contributed by atoms with Crippen molar-refractivity contribution in [2.75, 3.05) is 10.4 Å². The summed E-state index contributed by atoms with van der Waals surface area (Å²) in [6.45, 7) is 7.10. The number of anilines is 2. The average molecular weight is 489 g/mol. The molecule has 0 saturated carbocycles. The molecule has 4 rings (SSSR count). The van der Waals surface area contributed by atoms with Gasteiger partial charge in [-0.2, -0.15) is 15.2 Å². The summed E-state index contributed by atoms with van der Waals surface area (Å²) in [6.07, 6.45) is 0. The van der Waals surface area contributed by atoms with Gasteiger partial charge in [-0.25, -0.2) is 4.39 Å². The van der Waals surface area contributed by atoms with Gasteiger partial charge in [-0.15, -0.1) is 0 Å². The van der Waals surface area contributed by atoms with Crippen molar-refractivity contribution in [3.05, 3.63) is 77.1 Å². The molecule has 1 unspecified atom stereocenters. The maximum atomic E-state index is 14.4. The first-order chi connectivity index (χ1) is 17.0. The molecule has 0 aliphatic carbocycles. The third-order valence-electron chi connectivity index (χ3n) is 6.12. The van der Waals surface area contributed by atoms with Crippen LogP contribution in [0.3, 0.4) is 0 Å². The van der Waals surface area contributed by atoms with Crippen molar-refractivity contribution in [1.82, 2.24) is 0 Å². The lowest BCUT2D eigenvalue weighted by Crippen LogP contribution is -2.28. The standard InChI is InChI=1S/C27H25FN4O4/c1-14-5-7-22(9-15(14)2)32-26(34)25(17(4)31-32)30-29-21-11-19(10-20(28)13-21)23-8-6-18(12-24(23)33)16(3)27(35)36/h5-13,16,29,33H,1-4H3,(H,35,36). The van der Waals surface area contributed by atoms with Gasteiger partial charge < -0.3 is 10.2 Å². The molecule has 0 saturated heterocycles. The summed E-state index contributed by atoms with van der Waals surface area (Å²) in [5, 5.41) is 29.4. The highest BCUT2D eigenvalue weighted by Gasteiger charge is 2.31. The van der Waals surface area contributed by atoms with Crippen LogP contribution < -0.4 is 10.4 Å². The van der Waals surface area contributed by atoms with Crippen LogP contribution in [-0.4, -0.2) is 33.5 Å². The Morgan fingerprint density at radius 2 is 1.81 bits per heavy atom. The molecule has 1 atom stereocenters. The number of aryl methyl sites for hydroxylation is 2. The minimum atomic E-state index is -1.02. The maximum Gasteiger partial charge on any atom is 0.310 e. The van der Waals surface area contributed by atoms with Gasteiger partial charge in [0.1, 0.15) is 11.6 Å². The molecule has 3 N–H and O–H groups in total. The first-order valence-electron chi connectivity index (χ1n) is 11.2. The van der Waals surface area contributed by atoms with Gasteiger partial charge in [0.25, 0.3) is 0 Å². The van der Waals surface area contributed by atoms with E-state index in [1.807, 2.05) is 26.0 Å². The zero-order valence-electron chi connectivity index (χ0n) is 20.2. The predicted octanol–water partition coefficient (Wildman–Crippen LogP) is 5.19. The van der Waals surface area contributed by atoms with E-state index in [9.17, 15) is 24.2 Å². The number of halogens is 1. The average Bonchev–Trinajstić information content (AvgIpc) is 3.11. The fourth-order valence-corrected chi connectivity index (χ4v) is 3.79. The van der Waals surface area contributed by atoms with E-state index < -0.39 is 23.6 Å². The number of nitrogens with one attached hydrogen (secondary N) is 1. The number of aromatic hydroxyl groups is 1. The number of amides is 1. The van der Waals surface area contributed by atoms with E-state index >= 15 is 0 Å². The zero-order chi connectivity index (χ0) is 26.1. The number of carbonyl (C=O) groups is 2. The van der Waals surface area contributed by atoms with Gasteiger partial charge in [0.2, 0.25) is 0 Å². The van der Waals surface area contributed by atoms with Gasteiger partial charge in [0, 0.05) is 5.56 Å². The Hall–Kier alpha value is -4.53. The number of hydrazone groups is 2. The minimum Gasteiger partial charge on any atom is -0.507 e. The van der Waals surface area contributed by atoms with Crippen LogP contribution in [0.15, 0.2) is 64.8 Å². The van der Waals surface area contributed by atoms with E-state index in [0.29, 0.717) is 28.1 Å². The molecule has 0 spiro atoms. The van der Waals surface area contributed by atoms with E-state index in [1.165, 1.54) is 36.2 Å². The molecule has 3 aromatic carbocycles. The van der Waals surface area contributed by atoms with Crippen LogP contribution in [0.25, 0.3) is 11.1 Å². The molecular weight excluding hydrogens is 463 g/mol. The third-order valence-corrected chi connectivity index (χ3v) is 6.12. The highest BCUT2D eigenvalue weighted by Crippen LogP contribution is 2.34. The minimum absolute atomic E-state index is 0.0916. The molecule has 1 amide bonds. The molecule has 0 radical (unpaired) electrons. The summed E-state index contributed by atoms with van der Waals surface area (Å²) in [7, 11) is 0. The first-order valence-corrected chi connectivity index (χ1v) is 11.2. The highest BCUT2D eigenvalue weighted by atomic mass is 19.1. The lowest BCUT2D eigenvalue weighted by atomic mass is 9.96. The number of phenolic OH excluding ortho intramolecular Hbond substituents is 1. The molecule has 0 aromatic heterocycles. The molecule has 0 bridgehead atoms. The number of carbonyl (C=O) groups excluding carboxylic acids is 1. The molecule has 9 heteroatoms. The molecule has 1 heterocycles. The molecule has 0 fully saturated rings. The summed E-state index contributed by atoms with van der Waals surface area (Å²) < 4.78 is 14.4. The summed E-state index contributed by atoms with van der Waals surface area (Å²) in [5.41, 5.74) is 7.31. The number of carboxylic acids is 1. The van der Waals surface area contributed by atoms with Crippen molar-refractivity contribution < 1.29 is 24.2 Å². The van der Waals surface area contributed by atoms with Gasteiger partial charge in [-0.3, -0.25) is 15.0 Å². The van der Waals surface area contributed by atoms with Gasteiger partial charge in [-0.1, -0.05) is 18.2 Å². The molecule has 36 heavy (non-hydrogen) atoms. The van der Waals surface area contributed by atoms with Crippen LogP contribution in [0.1, 0.15) is 36.5 Å². The lowest BCUT2D eigenvalue weighted by molar-refractivity contribution is -0.138. The van der Waals surface area contributed by atoms with Gasteiger partial charge >= 0.3 is 11.9 Å². The molecule has 3 aromatic rings. The number of carboxylic acid groups (broad SMARTS) is 1. The predicted molar refractivity (Wildman–Crippen MR) is 137 cm³/mol. The Morgan fingerprint density at radius 1 is 1.06 bits per heavy atom. The Bertz CT molecular complexity index is 1450. The van der Waals surface area contributed by atoms with E-state index in [-0.39, 0.29) is 17.1 Å². The second-order valence-electron chi connectivity index (χ2n) is 8.71. The van der Waals surface area contributed by atoms with Crippen molar-refractivity contribution in [2.24, 2.45) is 10.2 Å². The van der Waals surface area contributed by atoms with Crippen LogP contribution in [-0.2, 0) is 9.59 Å². The van der Waals surface area contributed by atoms with Crippen LogP contribution in [0, 0.1) is 19.7 Å². The first kappa shape index (κ1) is 24.6. The Morgan fingerprint density at radius 3 is 2.47 bits per heavy atom. The summed E-state index contributed by atoms with van der Waals surface area (Å²) in [6, 6.07) is 14.1. The van der Waals surface area contributed by atoms with Crippen LogP contribution in [0.4, 0.5) is 15.8 Å².